The Labute approximate surface area is 114 Å². The quantitative estimate of drug-likeness (QED) is 0.690. The third kappa shape index (κ3) is 1.99. The first-order valence-corrected chi connectivity index (χ1v) is 7.01. The molecule has 3 unspecified atom stereocenters. The van der Waals surface area contributed by atoms with E-state index in [4.69, 9.17) is 15.6 Å². The Morgan fingerprint density at radius 2 is 2.16 bits per heavy atom. The number of aliphatic hydroxyl groups excluding tert-OH is 1. The molecule has 110 valence electrons. The molecule has 0 aromatic heterocycles. The molecule has 0 radical (unpaired) electrons. The number of aliphatic hydroxyl groups is 1. The van der Waals surface area contributed by atoms with Crippen LogP contribution in [0, 0.1) is 11.3 Å². The van der Waals surface area contributed by atoms with Gasteiger partial charge in [0.25, 0.3) is 0 Å². The third-order valence-electron chi connectivity index (χ3n) is 5.02. The smallest absolute Gasteiger partial charge is 0.241 e. The van der Waals surface area contributed by atoms with E-state index in [1.807, 2.05) is 27.7 Å². The lowest BCUT2D eigenvalue weighted by molar-refractivity contribution is -0.176. The number of nitrogens with two attached hydrogens (primary N) is 1. The summed E-state index contributed by atoms with van der Waals surface area (Å²) in [6.45, 7) is 8.53. The van der Waals surface area contributed by atoms with Gasteiger partial charge in [-0.15, -0.1) is 0 Å². The lowest BCUT2D eigenvalue weighted by Crippen LogP contribution is -2.81. The molecule has 0 aromatic rings. The van der Waals surface area contributed by atoms with Crippen molar-refractivity contribution >= 4 is 5.91 Å². The summed E-state index contributed by atoms with van der Waals surface area (Å²) in [5.41, 5.74) is 4.78. The van der Waals surface area contributed by atoms with Gasteiger partial charge in [-0.3, -0.25) is 4.79 Å². The molecule has 0 aromatic carbocycles. The third-order valence-corrected chi connectivity index (χ3v) is 5.02. The van der Waals surface area contributed by atoms with Crippen molar-refractivity contribution in [1.82, 2.24) is 5.32 Å². The largest absolute Gasteiger partial charge is 0.396 e. The first-order valence-electron chi connectivity index (χ1n) is 7.01. The van der Waals surface area contributed by atoms with Crippen LogP contribution in [0.3, 0.4) is 0 Å². The van der Waals surface area contributed by atoms with E-state index in [2.05, 4.69) is 5.32 Å². The molecule has 4 N–H and O–H groups in total. The predicted octanol–water partition coefficient (Wildman–Crippen LogP) is 0.406. The van der Waals surface area contributed by atoms with Gasteiger partial charge in [-0.25, -0.2) is 0 Å². The van der Waals surface area contributed by atoms with E-state index in [1.54, 1.807) is 0 Å². The number of amides is 1. The highest BCUT2D eigenvalue weighted by Gasteiger charge is 2.71. The molecule has 1 heterocycles. The Hall–Kier alpha value is -0.650. The highest BCUT2D eigenvalue weighted by atomic mass is 16.5. The highest BCUT2D eigenvalue weighted by Crippen LogP contribution is 2.58. The molecule has 5 nitrogen and oxygen atoms in total. The van der Waals surface area contributed by atoms with Crippen LogP contribution >= 0.6 is 0 Å². The molecule has 1 saturated carbocycles. The van der Waals surface area contributed by atoms with Crippen molar-refractivity contribution in [2.24, 2.45) is 17.1 Å². The van der Waals surface area contributed by atoms with Gasteiger partial charge in [0.15, 0.2) is 0 Å². The first-order chi connectivity index (χ1) is 8.67. The normalized spacial score (nSPS) is 36.5. The topological polar surface area (TPSA) is 84.6 Å². The van der Waals surface area contributed by atoms with Gasteiger partial charge in [-0.1, -0.05) is 13.8 Å². The van der Waals surface area contributed by atoms with Gasteiger partial charge >= 0.3 is 0 Å². The van der Waals surface area contributed by atoms with Gasteiger partial charge in [0.05, 0.1) is 6.10 Å². The summed E-state index contributed by atoms with van der Waals surface area (Å²) < 4.78 is 5.69. The van der Waals surface area contributed by atoms with Gasteiger partial charge in [-0.05, 0) is 26.7 Å². The maximum absolute atomic E-state index is 12.6. The lowest BCUT2D eigenvalue weighted by atomic mass is 9.48. The average molecular weight is 270 g/mol. The maximum atomic E-state index is 12.6. The van der Waals surface area contributed by atoms with Crippen LogP contribution in [0.1, 0.15) is 40.5 Å². The Balaban J connectivity index is 2.14. The van der Waals surface area contributed by atoms with Crippen molar-refractivity contribution < 1.29 is 14.6 Å². The summed E-state index contributed by atoms with van der Waals surface area (Å²) >= 11 is 0. The number of carbonyl (C=O) groups is 1. The van der Waals surface area contributed by atoms with Crippen molar-refractivity contribution in [3.63, 3.8) is 0 Å². The average Bonchev–Trinajstić information content (AvgIpc) is 2.74. The number of hydrogen-bond donors (Lipinski definition) is 3. The van der Waals surface area contributed by atoms with E-state index in [9.17, 15) is 4.79 Å². The number of nitrogens with one attached hydrogen (secondary N) is 1. The molecule has 1 amide bonds. The molecule has 2 aliphatic rings. The van der Waals surface area contributed by atoms with Crippen molar-refractivity contribution in [2.75, 3.05) is 13.2 Å². The molecule has 3 atom stereocenters. The summed E-state index contributed by atoms with van der Waals surface area (Å²) in [4.78, 5) is 12.6. The minimum atomic E-state index is -0.874. The predicted molar refractivity (Wildman–Crippen MR) is 72.5 cm³/mol. The number of carbonyl (C=O) groups excluding carboxylic acids is 1. The molecule has 5 heteroatoms. The highest BCUT2D eigenvalue weighted by molar-refractivity contribution is 5.90. The fraction of sp³-hybridized carbons (Fsp3) is 0.929. The standard InChI is InChI=1S/C14H26N2O3/c1-12(2,6-7-17)16-11(18)14(15)9-5-8-19-10(9)13(14,3)4/h9-10,17H,5-8,15H2,1-4H3,(H,16,18). The SMILES string of the molecule is CC(C)(CCO)NC(=O)C1(N)C2CCOC2C1(C)C. The van der Waals surface area contributed by atoms with Crippen LogP contribution in [-0.2, 0) is 9.53 Å². The molecular weight excluding hydrogens is 244 g/mol. The molecule has 0 spiro atoms. The van der Waals surface area contributed by atoms with Crippen molar-refractivity contribution in [1.29, 1.82) is 0 Å². The summed E-state index contributed by atoms with van der Waals surface area (Å²) in [5.74, 6) is -0.0184. The van der Waals surface area contributed by atoms with Crippen LogP contribution in [0.4, 0.5) is 0 Å². The zero-order chi connectivity index (χ0) is 14.5. The van der Waals surface area contributed by atoms with Gasteiger partial charge in [-0.2, -0.15) is 0 Å². The second kappa shape index (κ2) is 4.43. The molecule has 1 aliphatic carbocycles. The second-order valence-corrected chi connectivity index (χ2v) is 7.09. The molecule has 0 bridgehead atoms. The van der Waals surface area contributed by atoms with E-state index < -0.39 is 11.1 Å². The maximum Gasteiger partial charge on any atom is 0.241 e. The van der Waals surface area contributed by atoms with Crippen LogP contribution in [0.5, 0.6) is 0 Å². The van der Waals surface area contributed by atoms with Crippen molar-refractivity contribution in [3.8, 4) is 0 Å². The van der Waals surface area contributed by atoms with Crippen LogP contribution in [0.25, 0.3) is 0 Å². The first kappa shape index (κ1) is 14.8. The molecular formula is C14H26N2O3. The van der Waals surface area contributed by atoms with E-state index >= 15 is 0 Å². The van der Waals surface area contributed by atoms with E-state index in [0.29, 0.717) is 13.0 Å². The van der Waals surface area contributed by atoms with Crippen molar-refractivity contribution in [3.05, 3.63) is 0 Å². The van der Waals surface area contributed by atoms with Crippen molar-refractivity contribution in [2.45, 2.75) is 57.7 Å². The summed E-state index contributed by atoms with van der Waals surface area (Å²) in [6, 6.07) is 0. The van der Waals surface area contributed by atoms with Crippen LogP contribution in [0.15, 0.2) is 0 Å². The van der Waals surface area contributed by atoms with Gasteiger partial charge in [0.2, 0.25) is 5.91 Å². The van der Waals surface area contributed by atoms with Crippen LogP contribution < -0.4 is 11.1 Å². The Kier molecular flexibility index (Phi) is 3.44. The zero-order valence-corrected chi connectivity index (χ0v) is 12.3. The summed E-state index contributed by atoms with van der Waals surface area (Å²) in [5, 5.41) is 12.0. The number of fused-ring (bicyclic) bond motifs is 1. The Bertz CT molecular complexity index is 381. The monoisotopic (exact) mass is 270 g/mol. The molecule has 1 saturated heterocycles. The van der Waals surface area contributed by atoms with E-state index in [1.165, 1.54) is 0 Å². The number of hydrogen-bond acceptors (Lipinski definition) is 4. The number of rotatable bonds is 4. The van der Waals surface area contributed by atoms with Gasteiger partial charge in [0.1, 0.15) is 5.54 Å². The molecule has 19 heavy (non-hydrogen) atoms. The minimum absolute atomic E-state index is 0.0450. The van der Waals surface area contributed by atoms with Gasteiger partial charge < -0.3 is 20.9 Å². The molecule has 2 fully saturated rings. The van der Waals surface area contributed by atoms with Gasteiger partial charge in [0, 0.05) is 30.1 Å². The fourth-order valence-corrected chi connectivity index (χ4v) is 3.60. The summed E-state index contributed by atoms with van der Waals surface area (Å²) in [6.07, 6.45) is 1.45. The van der Waals surface area contributed by atoms with Crippen LogP contribution in [0.2, 0.25) is 0 Å². The van der Waals surface area contributed by atoms with E-state index in [0.717, 1.165) is 6.42 Å². The van der Waals surface area contributed by atoms with Crippen LogP contribution in [-0.4, -0.2) is 41.4 Å². The minimum Gasteiger partial charge on any atom is -0.396 e. The molecule has 1 aliphatic heterocycles. The Morgan fingerprint density at radius 1 is 1.53 bits per heavy atom. The zero-order valence-electron chi connectivity index (χ0n) is 12.3. The lowest BCUT2D eigenvalue weighted by Gasteiger charge is -2.61. The Morgan fingerprint density at radius 3 is 2.74 bits per heavy atom. The molecule has 2 rings (SSSR count). The number of ether oxygens (including phenoxy) is 1. The fourth-order valence-electron chi connectivity index (χ4n) is 3.60. The summed E-state index contributed by atoms with van der Waals surface area (Å²) in [7, 11) is 0. The second-order valence-electron chi connectivity index (χ2n) is 7.09. The van der Waals surface area contributed by atoms with E-state index in [-0.39, 0.29) is 30.0 Å².